The van der Waals surface area contributed by atoms with Crippen LogP contribution in [0.5, 0.6) is 11.5 Å². The largest absolute Gasteiger partial charge is 0.497 e. The molecule has 26 heavy (non-hydrogen) atoms. The van der Waals surface area contributed by atoms with Gasteiger partial charge in [-0.25, -0.2) is 23.1 Å². The third kappa shape index (κ3) is 3.20. The van der Waals surface area contributed by atoms with Gasteiger partial charge in [-0.3, -0.25) is 0 Å². The molecule has 7 heteroatoms. The Hall–Kier alpha value is -3.09. The van der Waals surface area contributed by atoms with Gasteiger partial charge < -0.3 is 9.47 Å². The van der Waals surface area contributed by atoms with Gasteiger partial charge in [0.25, 0.3) is 0 Å². The average molecular weight is 360 g/mol. The van der Waals surface area contributed by atoms with Crippen LogP contribution in [0.25, 0.3) is 22.4 Å². The molecule has 134 valence electrons. The van der Waals surface area contributed by atoms with E-state index in [4.69, 9.17) is 9.47 Å². The number of benzene rings is 2. The van der Waals surface area contributed by atoms with E-state index in [1.165, 1.54) is 20.5 Å². The van der Waals surface area contributed by atoms with Gasteiger partial charge in [-0.2, -0.15) is 0 Å². The lowest BCUT2D eigenvalue weighted by Gasteiger charge is -2.14. The van der Waals surface area contributed by atoms with Crippen molar-refractivity contribution in [3.8, 4) is 33.9 Å². The highest BCUT2D eigenvalue weighted by Crippen LogP contribution is 2.38. The van der Waals surface area contributed by atoms with Crippen LogP contribution in [0.4, 0.5) is 13.2 Å². The maximum Gasteiger partial charge on any atom is 0.137 e. The average Bonchev–Trinajstić information content (AvgIpc) is 2.61. The minimum absolute atomic E-state index is 0.137. The van der Waals surface area contributed by atoms with Crippen LogP contribution in [0.1, 0.15) is 5.69 Å². The third-order valence-corrected chi connectivity index (χ3v) is 3.92. The van der Waals surface area contributed by atoms with Crippen molar-refractivity contribution in [1.82, 2.24) is 9.97 Å². The standard InChI is InChI=1S/C19H15F3N2O2/c1-10-17(18-15(21)6-12(20)7-16(18)22)19(24-9-23-10)11-4-13(25-2)8-14(5-11)26-3/h4-9H,1-3H3. The van der Waals surface area contributed by atoms with Gasteiger partial charge in [0.2, 0.25) is 0 Å². The smallest absolute Gasteiger partial charge is 0.137 e. The Morgan fingerprint density at radius 3 is 1.88 bits per heavy atom. The lowest BCUT2D eigenvalue weighted by Crippen LogP contribution is -2.01. The Labute approximate surface area is 148 Å². The summed E-state index contributed by atoms with van der Waals surface area (Å²) in [5.74, 6) is -2.08. The van der Waals surface area contributed by atoms with Crippen molar-refractivity contribution in [2.24, 2.45) is 0 Å². The second-order valence-electron chi connectivity index (χ2n) is 5.53. The van der Waals surface area contributed by atoms with E-state index in [-0.39, 0.29) is 16.8 Å². The number of hydrogen-bond acceptors (Lipinski definition) is 4. The molecule has 4 nitrogen and oxygen atoms in total. The Kier molecular flexibility index (Phi) is 4.79. The molecule has 1 heterocycles. The van der Waals surface area contributed by atoms with Crippen molar-refractivity contribution in [1.29, 1.82) is 0 Å². The predicted octanol–water partition coefficient (Wildman–Crippen LogP) is 4.55. The van der Waals surface area contributed by atoms with Crippen LogP contribution >= 0.6 is 0 Å². The van der Waals surface area contributed by atoms with E-state index in [9.17, 15) is 13.2 Å². The lowest BCUT2D eigenvalue weighted by atomic mass is 9.96. The molecule has 3 aromatic rings. The molecule has 0 spiro atoms. The van der Waals surface area contributed by atoms with Gasteiger partial charge in [0.15, 0.2) is 0 Å². The molecular formula is C19H15F3N2O2. The van der Waals surface area contributed by atoms with Crippen LogP contribution in [0.3, 0.4) is 0 Å². The Morgan fingerprint density at radius 2 is 1.35 bits per heavy atom. The number of methoxy groups -OCH3 is 2. The molecular weight excluding hydrogens is 345 g/mol. The zero-order chi connectivity index (χ0) is 18.8. The van der Waals surface area contributed by atoms with Gasteiger partial charge in [0.1, 0.15) is 35.3 Å². The molecule has 0 aliphatic rings. The van der Waals surface area contributed by atoms with Crippen LogP contribution < -0.4 is 9.47 Å². The monoisotopic (exact) mass is 360 g/mol. The van der Waals surface area contributed by atoms with Gasteiger partial charge in [-0.15, -0.1) is 0 Å². The zero-order valence-corrected chi connectivity index (χ0v) is 14.3. The fourth-order valence-electron chi connectivity index (χ4n) is 2.72. The molecule has 0 aliphatic carbocycles. The highest BCUT2D eigenvalue weighted by Gasteiger charge is 2.22. The van der Waals surface area contributed by atoms with Gasteiger partial charge in [-0.05, 0) is 19.1 Å². The molecule has 0 fully saturated rings. The zero-order valence-electron chi connectivity index (χ0n) is 14.3. The van der Waals surface area contributed by atoms with Crippen molar-refractivity contribution in [3.05, 3.63) is 59.8 Å². The van der Waals surface area contributed by atoms with Crippen LogP contribution in [-0.2, 0) is 0 Å². The van der Waals surface area contributed by atoms with Crippen LogP contribution in [0.15, 0.2) is 36.7 Å². The van der Waals surface area contributed by atoms with E-state index in [0.717, 1.165) is 0 Å². The molecule has 1 aromatic heterocycles. The fraction of sp³-hybridized carbons (Fsp3) is 0.158. The Balaban J connectivity index is 2.32. The molecule has 3 rings (SSSR count). The summed E-state index contributed by atoms with van der Waals surface area (Å²) < 4.78 is 52.5. The normalized spacial score (nSPS) is 10.7. The second kappa shape index (κ2) is 7.03. The molecule has 0 atom stereocenters. The summed E-state index contributed by atoms with van der Waals surface area (Å²) in [6.45, 7) is 1.60. The van der Waals surface area contributed by atoms with Crippen LogP contribution in [-0.4, -0.2) is 24.2 Å². The Morgan fingerprint density at radius 1 is 0.769 bits per heavy atom. The van der Waals surface area contributed by atoms with Crippen molar-refractivity contribution in [2.45, 2.75) is 6.92 Å². The van der Waals surface area contributed by atoms with E-state index < -0.39 is 17.5 Å². The number of aromatic nitrogens is 2. The molecule has 0 saturated carbocycles. The third-order valence-electron chi connectivity index (χ3n) is 3.92. The number of nitrogens with zero attached hydrogens (tertiary/aromatic N) is 2. The topological polar surface area (TPSA) is 44.2 Å². The Bertz CT molecular complexity index is 932. The highest BCUT2D eigenvalue weighted by molar-refractivity contribution is 5.83. The first kappa shape index (κ1) is 17.7. The number of ether oxygens (including phenoxy) is 2. The number of aryl methyl sites for hydroxylation is 1. The number of hydrogen-bond donors (Lipinski definition) is 0. The van der Waals surface area contributed by atoms with E-state index >= 15 is 0 Å². The first-order valence-corrected chi connectivity index (χ1v) is 7.64. The summed E-state index contributed by atoms with van der Waals surface area (Å²) in [4.78, 5) is 8.22. The molecule has 0 unspecified atom stereocenters. The molecule has 0 saturated heterocycles. The molecule has 0 amide bonds. The van der Waals surface area contributed by atoms with Gasteiger partial charge in [-0.1, -0.05) is 0 Å². The quantitative estimate of drug-likeness (QED) is 0.685. The summed E-state index contributed by atoms with van der Waals surface area (Å²) >= 11 is 0. The lowest BCUT2D eigenvalue weighted by molar-refractivity contribution is 0.394. The first-order valence-electron chi connectivity index (χ1n) is 7.64. The van der Waals surface area contributed by atoms with Crippen molar-refractivity contribution in [2.75, 3.05) is 14.2 Å². The first-order chi connectivity index (χ1) is 12.4. The van der Waals surface area contributed by atoms with Gasteiger partial charge in [0.05, 0.1) is 25.5 Å². The predicted molar refractivity (Wildman–Crippen MR) is 90.6 cm³/mol. The minimum atomic E-state index is -1.03. The minimum Gasteiger partial charge on any atom is -0.497 e. The van der Waals surface area contributed by atoms with Crippen LogP contribution in [0.2, 0.25) is 0 Å². The highest BCUT2D eigenvalue weighted by atomic mass is 19.1. The molecule has 0 aliphatic heterocycles. The SMILES string of the molecule is COc1cc(OC)cc(-c2ncnc(C)c2-c2c(F)cc(F)cc2F)c1. The van der Waals surface area contributed by atoms with E-state index in [1.54, 1.807) is 25.1 Å². The molecule has 0 N–H and O–H groups in total. The maximum atomic E-state index is 14.4. The van der Waals surface area contributed by atoms with Crippen molar-refractivity contribution < 1.29 is 22.6 Å². The van der Waals surface area contributed by atoms with Gasteiger partial charge in [0, 0.05) is 35.0 Å². The summed E-state index contributed by atoms with van der Waals surface area (Å²) in [5, 5.41) is 0. The summed E-state index contributed by atoms with van der Waals surface area (Å²) in [6.07, 6.45) is 1.29. The summed E-state index contributed by atoms with van der Waals surface area (Å²) in [7, 11) is 2.98. The molecule has 0 bridgehead atoms. The van der Waals surface area contributed by atoms with Crippen LogP contribution in [0, 0.1) is 24.4 Å². The van der Waals surface area contributed by atoms with E-state index in [0.29, 0.717) is 34.9 Å². The van der Waals surface area contributed by atoms with E-state index in [1.807, 2.05) is 0 Å². The van der Waals surface area contributed by atoms with Gasteiger partial charge >= 0.3 is 0 Å². The fourth-order valence-corrected chi connectivity index (χ4v) is 2.72. The summed E-state index contributed by atoms with van der Waals surface area (Å²) in [6, 6.07) is 6.23. The molecule has 2 aromatic carbocycles. The second-order valence-corrected chi connectivity index (χ2v) is 5.53. The number of rotatable bonds is 4. The van der Waals surface area contributed by atoms with Crippen molar-refractivity contribution in [3.63, 3.8) is 0 Å². The van der Waals surface area contributed by atoms with Crippen molar-refractivity contribution >= 4 is 0 Å². The summed E-state index contributed by atoms with van der Waals surface area (Å²) in [5.41, 5.74) is 0.893. The maximum absolute atomic E-state index is 14.4. The number of halogens is 3. The molecule has 0 radical (unpaired) electrons. The van der Waals surface area contributed by atoms with E-state index in [2.05, 4.69) is 9.97 Å².